The van der Waals surface area contributed by atoms with Gasteiger partial charge >= 0.3 is 0 Å². The van der Waals surface area contributed by atoms with Crippen molar-refractivity contribution in [3.05, 3.63) is 29.3 Å². The van der Waals surface area contributed by atoms with Gasteiger partial charge < -0.3 is 9.47 Å². The normalized spacial score (nSPS) is 11.7. The molecule has 4 heteroatoms. The lowest BCUT2D eigenvalue weighted by Gasteiger charge is -2.15. The van der Waals surface area contributed by atoms with Crippen molar-refractivity contribution < 1.29 is 14.3 Å². The summed E-state index contributed by atoms with van der Waals surface area (Å²) in [5.74, 6) is 1.08. The highest BCUT2D eigenvalue weighted by molar-refractivity contribution is 6.06. The van der Waals surface area contributed by atoms with E-state index in [9.17, 15) is 10.1 Å². The first-order chi connectivity index (χ1) is 10.8. The molecule has 0 aliphatic carbocycles. The number of rotatable bonds is 7. The van der Waals surface area contributed by atoms with Gasteiger partial charge in [0.2, 0.25) is 0 Å². The molecule has 0 saturated heterocycles. The van der Waals surface area contributed by atoms with Crippen LogP contribution in [0.2, 0.25) is 0 Å². The van der Waals surface area contributed by atoms with Crippen LogP contribution in [0.25, 0.3) is 6.08 Å². The second-order valence-corrected chi connectivity index (χ2v) is 6.36. The van der Waals surface area contributed by atoms with Crippen LogP contribution in [0.1, 0.15) is 46.1 Å². The fraction of sp³-hybridized carbons (Fsp3) is 0.474. The molecule has 0 saturated carbocycles. The van der Waals surface area contributed by atoms with Crippen LogP contribution in [0, 0.1) is 16.7 Å². The topological polar surface area (TPSA) is 59.3 Å². The lowest BCUT2D eigenvalue weighted by Crippen LogP contribution is -2.21. The predicted molar refractivity (Wildman–Crippen MR) is 91.4 cm³/mol. The van der Waals surface area contributed by atoms with E-state index in [1.807, 2.05) is 12.1 Å². The Kier molecular flexibility index (Phi) is 6.84. The number of allylic oxidation sites excluding steroid dienone is 1. The van der Waals surface area contributed by atoms with E-state index in [2.05, 4.69) is 6.92 Å². The minimum Gasteiger partial charge on any atom is -0.493 e. The van der Waals surface area contributed by atoms with E-state index in [1.165, 1.54) is 0 Å². The zero-order chi connectivity index (χ0) is 17.5. The Morgan fingerprint density at radius 3 is 2.52 bits per heavy atom. The van der Waals surface area contributed by atoms with Crippen LogP contribution >= 0.6 is 0 Å². The summed E-state index contributed by atoms with van der Waals surface area (Å²) < 4.78 is 11.0. The molecule has 0 aromatic heterocycles. The van der Waals surface area contributed by atoms with Crippen molar-refractivity contribution in [3.63, 3.8) is 0 Å². The molecule has 124 valence electrons. The molecule has 1 rings (SSSR count). The quantitative estimate of drug-likeness (QED) is 0.425. The van der Waals surface area contributed by atoms with E-state index in [-0.39, 0.29) is 11.4 Å². The molecule has 23 heavy (non-hydrogen) atoms. The second-order valence-electron chi connectivity index (χ2n) is 6.36. The summed E-state index contributed by atoms with van der Waals surface area (Å²) in [6, 6.07) is 7.38. The number of hydrogen-bond acceptors (Lipinski definition) is 4. The van der Waals surface area contributed by atoms with Crippen molar-refractivity contribution in [1.29, 1.82) is 5.26 Å². The van der Waals surface area contributed by atoms with Crippen LogP contribution in [0.5, 0.6) is 11.5 Å². The third-order valence-corrected chi connectivity index (χ3v) is 3.30. The Morgan fingerprint density at radius 2 is 2.00 bits per heavy atom. The van der Waals surface area contributed by atoms with Crippen LogP contribution < -0.4 is 9.47 Å². The highest BCUT2D eigenvalue weighted by atomic mass is 16.5. The van der Waals surface area contributed by atoms with Gasteiger partial charge in [-0.3, -0.25) is 4.79 Å². The minimum absolute atomic E-state index is 0.138. The minimum atomic E-state index is -0.588. The van der Waals surface area contributed by atoms with Crippen molar-refractivity contribution in [3.8, 4) is 17.6 Å². The number of hydrogen-bond donors (Lipinski definition) is 0. The number of carbonyl (C=O) groups is 1. The van der Waals surface area contributed by atoms with Crippen molar-refractivity contribution >= 4 is 11.9 Å². The number of nitriles is 1. The number of ketones is 1. The van der Waals surface area contributed by atoms with Gasteiger partial charge in [0.15, 0.2) is 17.3 Å². The number of unbranched alkanes of at least 4 members (excludes halogenated alkanes) is 1. The van der Waals surface area contributed by atoms with Gasteiger partial charge in [-0.25, -0.2) is 0 Å². The molecule has 0 bridgehead atoms. The SMILES string of the molecule is CCCCOc1ccc(/C=C(\C#N)C(=O)C(C)(C)C)cc1OC. The van der Waals surface area contributed by atoms with E-state index < -0.39 is 5.41 Å². The molecule has 0 unspecified atom stereocenters. The maximum Gasteiger partial charge on any atom is 0.178 e. The van der Waals surface area contributed by atoms with Gasteiger partial charge in [-0.2, -0.15) is 5.26 Å². The zero-order valence-corrected chi connectivity index (χ0v) is 14.6. The van der Waals surface area contributed by atoms with Crippen molar-refractivity contribution in [2.24, 2.45) is 5.41 Å². The zero-order valence-electron chi connectivity index (χ0n) is 14.6. The standard InChI is InChI=1S/C19H25NO3/c1-6-7-10-23-16-9-8-14(12-17(16)22-5)11-15(13-20)18(21)19(2,3)4/h8-9,11-12H,6-7,10H2,1-5H3/b15-11+. The lowest BCUT2D eigenvalue weighted by molar-refractivity contribution is -0.121. The Balaban J connectivity index is 3.07. The summed E-state index contributed by atoms with van der Waals surface area (Å²) in [5, 5.41) is 9.25. The van der Waals surface area contributed by atoms with E-state index in [1.54, 1.807) is 46.1 Å². The molecular weight excluding hydrogens is 290 g/mol. The summed E-state index contributed by atoms with van der Waals surface area (Å²) in [7, 11) is 1.57. The maximum atomic E-state index is 12.2. The predicted octanol–water partition coefficient (Wildman–Crippen LogP) is 4.40. The lowest BCUT2D eigenvalue weighted by atomic mass is 9.86. The number of methoxy groups -OCH3 is 1. The molecule has 0 atom stereocenters. The van der Waals surface area contributed by atoms with Gasteiger partial charge in [-0.1, -0.05) is 40.2 Å². The van der Waals surface area contributed by atoms with Gasteiger partial charge in [0.1, 0.15) is 6.07 Å². The summed E-state index contributed by atoms with van der Waals surface area (Å²) in [5.41, 5.74) is 0.285. The molecule has 0 aliphatic rings. The van der Waals surface area contributed by atoms with Gasteiger partial charge in [0.05, 0.1) is 19.3 Å². The Hall–Kier alpha value is -2.28. The highest BCUT2D eigenvalue weighted by Gasteiger charge is 2.25. The molecule has 1 aromatic carbocycles. The summed E-state index contributed by atoms with van der Waals surface area (Å²) in [6.07, 6.45) is 3.62. The first-order valence-electron chi connectivity index (χ1n) is 7.81. The monoisotopic (exact) mass is 315 g/mol. The molecule has 0 heterocycles. The number of ether oxygens (including phenoxy) is 2. The Morgan fingerprint density at radius 1 is 1.30 bits per heavy atom. The molecule has 0 fully saturated rings. The molecule has 0 aliphatic heterocycles. The summed E-state index contributed by atoms with van der Waals surface area (Å²) in [6.45, 7) is 8.13. The fourth-order valence-corrected chi connectivity index (χ4v) is 1.94. The number of benzene rings is 1. The molecule has 1 aromatic rings. The highest BCUT2D eigenvalue weighted by Crippen LogP contribution is 2.30. The van der Waals surface area contributed by atoms with Crippen LogP contribution in [0.3, 0.4) is 0 Å². The number of Topliss-reactive ketones (excluding diaryl/α,β-unsaturated/α-hetero) is 1. The van der Waals surface area contributed by atoms with Crippen molar-refractivity contribution in [2.75, 3.05) is 13.7 Å². The molecule has 0 amide bonds. The van der Waals surface area contributed by atoms with Crippen LogP contribution in [0.4, 0.5) is 0 Å². The smallest absolute Gasteiger partial charge is 0.178 e. The third kappa shape index (κ3) is 5.45. The van der Waals surface area contributed by atoms with Crippen molar-refractivity contribution in [1.82, 2.24) is 0 Å². The van der Waals surface area contributed by atoms with E-state index in [0.717, 1.165) is 18.4 Å². The van der Waals surface area contributed by atoms with Gasteiger partial charge in [0, 0.05) is 5.41 Å². The molecule has 0 radical (unpaired) electrons. The summed E-state index contributed by atoms with van der Waals surface area (Å²) >= 11 is 0. The first-order valence-corrected chi connectivity index (χ1v) is 7.81. The van der Waals surface area contributed by atoms with Crippen molar-refractivity contribution in [2.45, 2.75) is 40.5 Å². The maximum absolute atomic E-state index is 12.2. The van der Waals surface area contributed by atoms with Crippen LogP contribution in [-0.4, -0.2) is 19.5 Å². The largest absolute Gasteiger partial charge is 0.493 e. The van der Waals surface area contributed by atoms with Gasteiger partial charge in [-0.05, 0) is 30.2 Å². The number of carbonyl (C=O) groups excluding carboxylic acids is 1. The van der Waals surface area contributed by atoms with Gasteiger partial charge in [-0.15, -0.1) is 0 Å². The molecular formula is C19H25NO3. The fourth-order valence-electron chi connectivity index (χ4n) is 1.94. The Labute approximate surface area is 138 Å². The van der Waals surface area contributed by atoms with E-state index in [0.29, 0.717) is 18.1 Å². The second kappa shape index (κ2) is 8.38. The molecule has 4 nitrogen and oxygen atoms in total. The third-order valence-electron chi connectivity index (χ3n) is 3.30. The first kappa shape index (κ1) is 18.8. The summed E-state index contributed by atoms with van der Waals surface area (Å²) in [4.78, 5) is 12.2. The van der Waals surface area contributed by atoms with Gasteiger partial charge in [0.25, 0.3) is 0 Å². The average Bonchev–Trinajstić information content (AvgIpc) is 2.52. The van der Waals surface area contributed by atoms with Crippen LogP contribution in [0.15, 0.2) is 23.8 Å². The molecule has 0 N–H and O–H groups in total. The van der Waals surface area contributed by atoms with Crippen LogP contribution in [-0.2, 0) is 4.79 Å². The van der Waals surface area contributed by atoms with E-state index in [4.69, 9.17) is 9.47 Å². The Bertz CT molecular complexity index is 618. The van der Waals surface area contributed by atoms with E-state index >= 15 is 0 Å². The average molecular weight is 315 g/mol. The number of nitrogens with zero attached hydrogens (tertiary/aromatic N) is 1. The molecule has 0 spiro atoms.